The van der Waals surface area contributed by atoms with Crippen LogP contribution < -0.4 is 37.9 Å². The molecular formula is C70H86B4N12O21. The predicted octanol–water partition coefficient (Wildman–Crippen LogP) is 3.73. The molecule has 0 amide bonds. The summed E-state index contributed by atoms with van der Waals surface area (Å²) in [5.74, 6) is 0.524. The molecule has 0 saturated carbocycles. The Labute approximate surface area is 624 Å². The smallest absolute Gasteiger partial charge is 0.308 e. The quantitative estimate of drug-likeness (QED) is 0.0227. The molecule has 4 aromatic heterocycles. The van der Waals surface area contributed by atoms with Crippen molar-refractivity contribution in [1.29, 1.82) is 0 Å². The second kappa shape index (κ2) is 46.5. The van der Waals surface area contributed by atoms with Crippen LogP contribution in [-0.2, 0) is 140 Å². The molecule has 0 aliphatic carbocycles. The minimum atomic E-state index is -0.549. The summed E-state index contributed by atoms with van der Waals surface area (Å²) in [6.45, 7) is 10.6. The van der Waals surface area contributed by atoms with E-state index in [0.29, 0.717) is 85.2 Å². The molecule has 0 saturated heterocycles. The zero-order chi connectivity index (χ0) is 75.8. The zero-order valence-electron chi connectivity index (χ0n) is 60.4. The Balaban J connectivity index is 0.809. The number of hydrogen-bond acceptors (Lipinski definition) is 29. The van der Waals surface area contributed by atoms with Crippen molar-refractivity contribution in [2.45, 2.75) is 118 Å². The number of carbonyl (C=O) groups is 4. The molecule has 33 nitrogen and oxygen atoms in total. The first-order valence-electron chi connectivity index (χ1n) is 34.5. The molecule has 0 N–H and O–H groups in total. The standard InChI is InChI=1S/C70H86B4N12O21/c1-49(87)104-63-9-5-53(33-71)29-67(63)100-41-57-37-83(79-75-57)13-17-91-21-23-95-45-61(98-27-25-93-19-15-85-39-59(77-81-85)43-102-69-31-55(35-73)7-11-65(69)106-51(3)89)47-97-48-62(99-28-26-94-20-16-86-40-60(78-82-86)44-103-70-32-56(36-74)8-12-66(70)107-52(4)90)46-96-24-22-92-18-14-84-38-58(76-80-84)42-101-68-30-54(34-72)6-10-64(68)105-50(2)88/h5-12,29-32,37-40,61-62H,13-28,33-36,41-48H2,1-4H3. The third-order valence-electron chi connectivity index (χ3n) is 14.8. The highest BCUT2D eigenvalue weighted by Crippen LogP contribution is 2.33. The number of carbonyl (C=O) groups excluding carboxylic acids is 4. The Morgan fingerprint density at radius 1 is 0.318 bits per heavy atom. The Hall–Kier alpha value is -9.58. The number of aromatic nitrogens is 12. The van der Waals surface area contributed by atoms with Crippen LogP contribution >= 0.6 is 0 Å². The van der Waals surface area contributed by atoms with Crippen molar-refractivity contribution in [1.82, 2.24) is 60.0 Å². The molecule has 107 heavy (non-hydrogen) atoms. The molecule has 8 rings (SSSR count). The van der Waals surface area contributed by atoms with E-state index in [1.807, 2.05) is 0 Å². The lowest BCUT2D eigenvalue weighted by Gasteiger charge is -2.22. The average Bonchev–Trinajstić information content (AvgIpc) is 1.54. The lowest BCUT2D eigenvalue weighted by atomic mass is 9.97. The van der Waals surface area contributed by atoms with Crippen LogP contribution in [0.5, 0.6) is 46.0 Å². The van der Waals surface area contributed by atoms with Gasteiger partial charge in [0.15, 0.2) is 46.0 Å². The van der Waals surface area contributed by atoms with Crippen molar-refractivity contribution in [3.05, 3.63) is 143 Å². The van der Waals surface area contributed by atoms with Crippen LogP contribution in [0, 0.1) is 0 Å². The van der Waals surface area contributed by atoms with Crippen LogP contribution in [0.4, 0.5) is 0 Å². The van der Waals surface area contributed by atoms with Crippen LogP contribution in [0.2, 0.25) is 0 Å². The Bertz CT molecular complexity index is 3750. The van der Waals surface area contributed by atoms with Gasteiger partial charge in [0.2, 0.25) is 0 Å². The van der Waals surface area contributed by atoms with Gasteiger partial charge in [0.05, 0.1) is 188 Å². The van der Waals surface area contributed by atoms with E-state index in [1.54, 1.807) is 116 Å². The molecular weight excluding hydrogens is 1390 g/mol. The predicted molar refractivity (Wildman–Crippen MR) is 381 cm³/mol. The van der Waals surface area contributed by atoms with Gasteiger partial charge in [0, 0.05) is 27.7 Å². The highest BCUT2D eigenvalue weighted by atomic mass is 16.6. The Morgan fingerprint density at radius 2 is 0.561 bits per heavy atom. The number of hydrogen-bond donors (Lipinski definition) is 0. The molecule has 0 aliphatic heterocycles. The Kier molecular flexibility index (Phi) is 36.1. The molecule has 8 radical (unpaired) electrons. The zero-order valence-corrected chi connectivity index (χ0v) is 60.4. The molecule has 4 heterocycles. The van der Waals surface area contributed by atoms with E-state index in [1.165, 1.54) is 27.7 Å². The summed E-state index contributed by atoms with van der Waals surface area (Å²) in [4.78, 5) is 46.8. The van der Waals surface area contributed by atoms with Gasteiger partial charge in [-0.15, -0.1) is 20.4 Å². The number of ether oxygens (including phenoxy) is 17. The molecule has 2 unspecified atom stereocenters. The topological polar surface area (TPSA) is 348 Å². The van der Waals surface area contributed by atoms with Gasteiger partial charge in [0.25, 0.3) is 0 Å². The summed E-state index contributed by atoms with van der Waals surface area (Å²) >= 11 is 0. The maximum atomic E-state index is 11.7. The van der Waals surface area contributed by atoms with Crippen LogP contribution in [0.1, 0.15) is 72.7 Å². The van der Waals surface area contributed by atoms with Crippen LogP contribution in [0.3, 0.4) is 0 Å². The van der Waals surface area contributed by atoms with Gasteiger partial charge in [-0.05, 0) is 48.5 Å². The lowest BCUT2D eigenvalue weighted by molar-refractivity contribution is -0.133. The van der Waals surface area contributed by atoms with Gasteiger partial charge in [0.1, 0.15) is 61.4 Å². The van der Waals surface area contributed by atoms with Gasteiger partial charge < -0.3 is 80.5 Å². The molecule has 0 aliphatic rings. The number of nitrogens with zero attached hydrogens (tertiary/aromatic N) is 12. The molecule has 0 spiro atoms. The first-order chi connectivity index (χ1) is 52.1. The van der Waals surface area contributed by atoms with E-state index in [0.717, 1.165) is 22.3 Å². The summed E-state index contributed by atoms with van der Waals surface area (Å²) < 4.78 is 106. The molecule has 0 fully saturated rings. The summed E-state index contributed by atoms with van der Waals surface area (Å²) in [6.07, 6.45) is 6.92. The molecule has 4 aromatic carbocycles. The third kappa shape index (κ3) is 31.0. The second-order valence-electron chi connectivity index (χ2n) is 23.5. The SMILES string of the molecule is [B]Cc1ccc(OC(C)=O)c(OCc2cn(CCOCCOCC(COCC(COCCOCCn3cc(COc4cc(C[B])ccc4OC(C)=O)nn3)OCCOCCn3cc(COc4cc(C[B])ccc4OC(C)=O)nn3)OCCOCCn3cc(COc4cc(C[B])ccc4OC(C)=O)nn3)nn2)c1. The fourth-order valence-corrected chi connectivity index (χ4v) is 9.66. The van der Waals surface area contributed by atoms with Crippen molar-refractivity contribution < 1.29 is 99.7 Å². The van der Waals surface area contributed by atoms with Crippen LogP contribution in [-0.4, -0.2) is 233 Å². The highest BCUT2D eigenvalue weighted by molar-refractivity contribution is 6.09. The molecule has 37 heteroatoms. The largest absolute Gasteiger partial charge is 0.483 e. The summed E-state index contributed by atoms with van der Waals surface area (Å²) in [7, 11) is 23.3. The molecule has 2 atom stereocenters. The van der Waals surface area contributed by atoms with Crippen LogP contribution in [0.25, 0.3) is 0 Å². The number of rotatable bonds is 54. The van der Waals surface area contributed by atoms with Crippen molar-refractivity contribution in [3.63, 3.8) is 0 Å². The molecule has 564 valence electrons. The van der Waals surface area contributed by atoms with Gasteiger partial charge in [-0.3, -0.25) is 19.2 Å². The van der Waals surface area contributed by atoms with Crippen molar-refractivity contribution in [2.75, 3.05) is 106 Å². The monoisotopic (exact) mass is 1470 g/mol. The van der Waals surface area contributed by atoms with Gasteiger partial charge in [-0.25, -0.2) is 18.7 Å². The first kappa shape index (κ1) is 83.1. The van der Waals surface area contributed by atoms with E-state index >= 15 is 0 Å². The van der Waals surface area contributed by atoms with E-state index in [4.69, 9.17) is 112 Å². The molecule has 0 bridgehead atoms. The lowest BCUT2D eigenvalue weighted by Crippen LogP contribution is -2.32. The van der Waals surface area contributed by atoms with E-state index in [2.05, 4.69) is 41.2 Å². The third-order valence-corrected chi connectivity index (χ3v) is 14.8. The van der Waals surface area contributed by atoms with Crippen LogP contribution in [0.15, 0.2) is 97.6 Å². The molecule has 8 aromatic rings. The summed E-state index contributed by atoms with van der Waals surface area (Å²) in [5, 5.41) is 33.6. The fraction of sp³-hybridized carbons (Fsp3) is 0.486. The maximum absolute atomic E-state index is 11.7. The Morgan fingerprint density at radius 3 is 0.813 bits per heavy atom. The summed E-state index contributed by atoms with van der Waals surface area (Å²) in [6, 6.07) is 20.4. The maximum Gasteiger partial charge on any atom is 0.308 e. The van der Waals surface area contributed by atoms with Gasteiger partial charge >= 0.3 is 23.9 Å². The van der Waals surface area contributed by atoms with Crippen molar-refractivity contribution in [3.8, 4) is 46.0 Å². The fourth-order valence-electron chi connectivity index (χ4n) is 9.66. The highest BCUT2D eigenvalue weighted by Gasteiger charge is 2.19. The number of benzene rings is 4. The van der Waals surface area contributed by atoms with E-state index < -0.39 is 36.1 Å². The second-order valence-corrected chi connectivity index (χ2v) is 23.5. The minimum Gasteiger partial charge on any atom is -0.483 e. The van der Waals surface area contributed by atoms with Crippen molar-refractivity contribution >= 4 is 55.3 Å². The van der Waals surface area contributed by atoms with E-state index in [9.17, 15) is 19.2 Å². The average molecular weight is 1470 g/mol. The van der Waals surface area contributed by atoms with Gasteiger partial charge in [-0.2, -0.15) is 0 Å². The summed E-state index contributed by atoms with van der Waals surface area (Å²) in [5.41, 5.74) is 5.36. The normalized spacial score (nSPS) is 11.9. The minimum absolute atomic E-state index is 0.0585. The first-order valence-corrected chi connectivity index (χ1v) is 34.5. The number of esters is 4. The van der Waals surface area contributed by atoms with Gasteiger partial charge in [-0.1, -0.05) is 92.7 Å². The van der Waals surface area contributed by atoms with E-state index in [-0.39, 0.29) is 167 Å². The van der Waals surface area contributed by atoms with Crippen molar-refractivity contribution in [2.24, 2.45) is 0 Å².